The molecule has 0 atom stereocenters. The molecular formula is C10H21N3O. The van der Waals surface area contributed by atoms with Crippen LogP contribution < -0.4 is 11.1 Å². The van der Waals surface area contributed by atoms with Gasteiger partial charge in [0.05, 0.1) is 0 Å². The van der Waals surface area contributed by atoms with E-state index in [0.717, 1.165) is 26.2 Å². The summed E-state index contributed by atoms with van der Waals surface area (Å²) >= 11 is 0. The molecule has 0 radical (unpaired) electrons. The van der Waals surface area contributed by atoms with Crippen molar-refractivity contribution < 1.29 is 4.79 Å². The number of amides is 1. The van der Waals surface area contributed by atoms with E-state index in [1.54, 1.807) is 7.05 Å². The van der Waals surface area contributed by atoms with Gasteiger partial charge in [0.25, 0.3) is 0 Å². The number of rotatable bonds is 4. The third-order valence-electron chi connectivity index (χ3n) is 2.97. The molecule has 1 amide bonds. The van der Waals surface area contributed by atoms with E-state index in [1.807, 2.05) is 0 Å². The van der Waals surface area contributed by atoms with Crippen LogP contribution >= 0.6 is 0 Å². The minimum absolute atomic E-state index is 0.131. The van der Waals surface area contributed by atoms with Crippen molar-refractivity contribution in [3.63, 3.8) is 0 Å². The van der Waals surface area contributed by atoms with Crippen molar-refractivity contribution in [1.82, 2.24) is 10.2 Å². The maximum Gasteiger partial charge on any atom is 0.221 e. The Morgan fingerprint density at radius 2 is 2.14 bits per heavy atom. The molecule has 1 aliphatic rings. The van der Waals surface area contributed by atoms with Gasteiger partial charge in [-0.1, -0.05) is 0 Å². The van der Waals surface area contributed by atoms with Gasteiger partial charge in [0.1, 0.15) is 0 Å². The van der Waals surface area contributed by atoms with Crippen LogP contribution in [0.4, 0.5) is 0 Å². The first-order valence-electron chi connectivity index (χ1n) is 5.39. The zero-order valence-corrected chi connectivity index (χ0v) is 8.96. The van der Waals surface area contributed by atoms with Crippen LogP contribution in [0.15, 0.2) is 0 Å². The quantitative estimate of drug-likeness (QED) is 0.659. The van der Waals surface area contributed by atoms with E-state index in [2.05, 4.69) is 10.2 Å². The average Bonchev–Trinajstić information content (AvgIpc) is 2.26. The Balaban J connectivity index is 2.13. The SMILES string of the molecule is CNC(=O)CCN1CCC(CN)CC1. The third kappa shape index (κ3) is 3.64. The van der Waals surface area contributed by atoms with Crippen LogP contribution in [0.3, 0.4) is 0 Å². The highest BCUT2D eigenvalue weighted by atomic mass is 16.1. The molecule has 14 heavy (non-hydrogen) atoms. The Bertz CT molecular complexity index is 176. The molecule has 0 bridgehead atoms. The topological polar surface area (TPSA) is 58.4 Å². The maximum absolute atomic E-state index is 11.0. The van der Waals surface area contributed by atoms with Crippen LogP contribution in [-0.4, -0.2) is 44.0 Å². The first-order valence-corrected chi connectivity index (χ1v) is 5.39. The molecule has 3 N–H and O–H groups in total. The molecule has 4 nitrogen and oxygen atoms in total. The number of hydrogen-bond acceptors (Lipinski definition) is 3. The van der Waals surface area contributed by atoms with E-state index in [-0.39, 0.29) is 5.91 Å². The molecule has 0 unspecified atom stereocenters. The van der Waals surface area contributed by atoms with Gasteiger partial charge in [0, 0.05) is 20.0 Å². The van der Waals surface area contributed by atoms with E-state index in [0.29, 0.717) is 12.3 Å². The molecular weight excluding hydrogens is 178 g/mol. The number of carbonyl (C=O) groups excluding carboxylic acids is 1. The second-order valence-corrected chi connectivity index (χ2v) is 3.94. The van der Waals surface area contributed by atoms with Gasteiger partial charge in [-0.25, -0.2) is 0 Å². The highest BCUT2D eigenvalue weighted by molar-refractivity contribution is 5.75. The summed E-state index contributed by atoms with van der Waals surface area (Å²) in [6.45, 7) is 3.89. The molecule has 1 rings (SSSR count). The highest BCUT2D eigenvalue weighted by Crippen LogP contribution is 2.15. The molecule has 1 saturated heterocycles. The lowest BCUT2D eigenvalue weighted by Crippen LogP contribution is -2.38. The summed E-state index contributed by atoms with van der Waals surface area (Å²) in [5, 5.41) is 2.64. The lowest BCUT2D eigenvalue weighted by Gasteiger charge is -2.30. The lowest BCUT2D eigenvalue weighted by atomic mass is 9.97. The zero-order chi connectivity index (χ0) is 10.4. The van der Waals surface area contributed by atoms with Gasteiger partial charge in [-0.2, -0.15) is 0 Å². The second-order valence-electron chi connectivity index (χ2n) is 3.94. The monoisotopic (exact) mass is 199 g/mol. The van der Waals surface area contributed by atoms with Gasteiger partial charge in [0.15, 0.2) is 0 Å². The van der Waals surface area contributed by atoms with Gasteiger partial charge in [-0.3, -0.25) is 4.79 Å². The van der Waals surface area contributed by atoms with Crippen LogP contribution in [0.5, 0.6) is 0 Å². The number of hydrogen-bond donors (Lipinski definition) is 2. The molecule has 1 heterocycles. The van der Waals surface area contributed by atoms with Gasteiger partial charge in [-0.15, -0.1) is 0 Å². The van der Waals surface area contributed by atoms with Crippen LogP contribution in [0.2, 0.25) is 0 Å². The van der Waals surface area contributed by atoms with Gasteiger partial charge >= 0.3 is 0 Å². The van der Waals surface area contributed by atoms with Gasteiger partial charge < -0.3 is 16.0 Å². The third-order valence-corrected chi connectivity index (χ3v) is 2.97. The fourth-order valence-electron chi connectivity index (χ4n) is 1.83. The average molecular weight is 199 g/mol. The Hall–Kier alpha value is -0.610. The summed E-state index contributed by atoms with van der Waals surface area (Å²) in [6.07, 6.45) is 2.98. The number of nitrogens with one attached hydrogen (secondary N) is 1. The number of piperidine rings is 1. The Morgan fingerprint density at radius 1 is 1.50 bits per heavy atom. The number of carbonyl (C=O) groups is 1. The number of likely N-dealkylation sites (tertiary alicyclic amines) is 1. The molecule has 82 valence electrons. The summed E-state index contributed by atoms with van der Waals surface area (Å²) in [5.74, 6) is 0.831. The zero-order valence-electron chi connectivity index (χ0n) is 8.96. The van der Waals surface area contributed by atoms with Crippen molar-refractivity contribution in [3.8, 4) is 0 Å². The van der Waals surface area contributed by atoms with E-state index in [9.17, 15) is 4.79 Å². The van der Waals surface area contributed by atoms with Crippen molar-refractivity contribution in [3.05, 3.63) is 0 Å². The Labute approximate surface area is 85.8 Å². The molecule has 0 spiro atoms. The predicted octanol–water partition coefficient (Wildman–Crippen LogP) is -0.207. The molecule has 0 aromatic heterocycles. The van der Waals surface area contributed by atoms with E-state index in [1.165, 1.54) is 12.8 Å². The first-order chi connectivity index (χ1) is 6.76. The smallest absolute Gasteiger partial charge is 0.221 e. The van der Waals surface area contributed by atoms with Crippen LogP contribution in [0.25, 0.3) is 0 Å². The van der Waals surface area contributed by atoms with E-state index < -0.39 is 0 Å². The molecule has 0 saturated carbocycles. The highest BCUT2D eigenvalue weighted by Gasteiger charge is 2.17. The van der Waals surface area contributed by atoms with Crippen molar-refractivity contribution in [1.29, 1.82) is 0 Å². The van der Waals surface area contributed by atoms with Crippen LogP contribution in [0.1, 0.15) is 19.3 Å². The molecule has 0 aromatic carbocycles. The van der Waals surface area contributed by atoms with Crippen molar-refractivity contribution in [2.24, 2.45) is 11.7 Å². The maximum atomic E-state index is 11.0. The Morgan fingerprint density at radius 3 is 2.64 bits per heavy atom. The fraction of sp³-hybridized carbons (Fsp3) is 0.900. The summed E-state index contributed by atoms with van der Waals surface area (Å²) in [5.41, 5.74) is 5.61. The first kappa shape index (κ1) is 11.5. The largest absolute Gasteiger partial charge is 0.359 e. The van der Waals surface area contributed by atoms with Crippen LogP contribution in [0, 0.1) is 5.92 Å². The fourth-order valence-corrected chi connectivity index (χ4v) is 1.83. The molecule has 1 fully saturated rings. The summed E-state index contributed by atoms with van der Waals surface area (Å²) in [6, 6.07) is 0. The number of nitrogens with zero attached hydrogens (tertiary/aromatic N) is 1. The minimum atomic E-state index is 0.131. The van der Waals surface area contributed by atoms with Crippen molar-refractivity contribution in [2.75, 3.05) is 33.2 Å². The number of nitrogens with two attached hydrogens (primary N) is 1. The van der Waals surface area contributed by atoms with Crippen LogP contribution in [-0.2, 0) is 4.79 Å². The molecule has 1 aliphatic heterocycles. The summed E-state index contributed by atoms with van der Waals surface area (Å²) < 4.78 is 0. The van der Waals surface area contributed by atoms with E-state index in [4.69, 9.17) is 5.73 Å². The lowest BCUT2D eigenvalue weighted by molar-refractivity contribution is -0.121. The van der Waals surface area contributed by atoms with Gasteiger partial charge in [-0.05, 0) is 38.4 Å². The Kier molecular flexibility index (Phi) is 4.90. The van der Waals surface area contributed by atoms with Crippen molar-refractivity contribution >= 4 is 5.91 Å². The minimum Gasteiger partial charge on any atom is -0.359 e. The standard InChI is InChI=1S/C10H21N3O/c1-12-10(14)4-7-13-5-2-9(8-11)3-6-13/h9H,2-8,11H2,1H3,(H,12,14). The predicted molar refractivity (Wildman–Crippen MR) is 56.9 cm³/mol. The second kappa shape index (κ2) is 5.98. The van der Waals surface area contributed by atoms with Gasteiger partial charge in [0.2, 0.25) is 5.91 Å². The molecule has 4 heteroatoms. The molecule has 0 aromatic rings. The summed E-state index contributed by atoms with van der Waals surface area (Å²) in [7, 11) is 1.68. The van der Waals surface area contributed by atoms with E-state index >= 15 is 0 Å². The molecule has 0 aliphatic carbocycles. The van der Waals surface area contributed by atoms with Crippen molar-refractivity contribution in [2.45, 2.75) is 19.3 Å². The summed E-state index contributed by atoms with van der Waals surface area (Å²) in [4.78, 5) is 13.4. The normalized spacial score (nSPS) is 19.6.